The summed E-state index contributed by atoms with van der Waals surface area (Å²) < 4.78 is 0. The topological polar surface area (TPSA) is 52.6 Å². The summed E-state index contributed by atoms with van der Waals surface area (Å²) in [6.45, 7) is 5.69. The quantitative estimate of drug-likeness (QED) is 0.261. The molecule has 1 amide bonds. The van der Waals surface area contributed by atoms with Crippen molar-refractivity contribution in [1.82, 2.24) is 10.2 Å². The fraction of sp³-hybridized carbons (Fsp3) is 0.833. The molecule has 130 valence electrons. The van der Waals surface area contributed by atoms with Gasteiger partial charge < -0.3 is 10.4 Å². The van der Waals surface area contributed by atoms with Crippen LogP contribution < -0.4 is 5.32 Å². The molecule has 0 aromatic rings. The van der Waals surface area contributed by atoms with Gasteiger partial charge >= 0.3 is 0 Å². The van der Waals surface area contributed by atoms with Gasteiger partial charge in [0.2, 0.25) is 5.91 Å². The lowest BCUT2D eigenvalue weighted by molar-refractivity contribution is -0.121. The molecule has 4 nitrogen and oxygen atoms in total. The molecule has 0 saturated carbocycles. The van der Waals surface area contributed by atoms with Crippen LogP contribution in [-0.2, 0) is 4.79 Å². The first-order valence-electron chi connectivity index (χ1n) is 8.87. The van der Waals surface area contributed by atoms with Crippen LogP contribution >= 0.6 is 0 Å². The Morgan fingerprint density at radius 2 is 1.68 bits per heavy atom. The molecule has 0 rings (SSSR count). The minimum absolute atomic E-state index is 0.162. The Labute approximate surface area is 137 Å². The van der Waals surface area contributed by atoms with E-state index in [1.54, 1.807) is 0 Å². The fourth-order valence-corrected chi connectivity index (χ4v) is 2.34. The van der Waals surface area contributed by atoms with Crippen molar-refractivity contribution in [2.75, 3.05) is 26.9 Å². The van der Waals surface area contributed by atoms with E-state index in [1.807, 2.05) is 6.08 Å². The van der Waals surface area contributed by atoms with E-state index < -0.39 is 0 Å². The van der Waals surface area contributed by atoms with Gasteiger partial charge in [0.1, 0.15) is 0 Å². The van der Waals surface area contributed by atoms with E-state index in [4.69, 9.17) is 5.11 Å². The molecule has 4 heteroatoms. The monoisotopic (exact) mass is 312 g/mol. The van der Waals surface area contributed by atoms with Crippen LogP contribution in [0.5, 0.6) is 0 Å². The van der Waals surface area contributed by atoms with E-state index in [2.05, 4.69) is 23.8 Å². The fourth-order valence-electron chi connectivity index (χ4n) is 2.34. The molecule has 0 radical (unpaired) electrons. The SMILES string of the molecule is C=CCCCCCC(=O)NCN(C)CCCCCCCCO. The first-order chi connectivity index (χ1) is 10.7. The van der Waals surface area contributed by atoms with Gasteiger partial charge in [-0.2, -0.15) is 0 Å². The van der Waals surface area contributed by atoms with Crippen LogP contribution in [0.3, 0.4) is 0 Å². The highest BCUT2D eigenvalue weighted by atomic mass is 16.2. The molecule has 2 N–H and O–H groups in total. The largest absolute Gasteiger partial charge is 0.396 e. The smallest absolute Gasteiger partial charge is 0.220 e. The predicted octanol–water partition coefficient (Wildman–Crippen LogP) is 3.46. The zero-order valence-electron chi connectivity index (χ0n) is 14.5. The molecule has 0 saturated heterocycles. The summed E-state index contributed by atoms with van der Waals surface area (Å²) >= 11 is 0. The number of allylic oxidation sites excluding steroid dienone is 1. The van der Waals surface area contributed by atoms with Crippen LogP contribution in [0.2, 0.25) is 0 Å². The minimum Gasteiger partial charge on any atom is -0.396 e. The molecule has 0 aliphatic carbocycles. The van der Waals surface area contributed by atoms with E-state index in [0.717, 1.165) is 45.1 Å². The standard InChI is InChI=1S/C18H36N2O2/c1-3-4-5-8-11-14-18(22)19-17-20(2)15-12-9-6-7-10-13-16-21/h3,21H,1,4-17H2,2H3,(H,19,22). The summed E-state index contributed by atoms with van der Waals surface area (Å²) in [5.41, 5.74) is 0. The Morgan fingerprint density at radius 3 is 2.36 bits per heavy atom. The maximum absolute atomic E-state index is 11.7. The lowest BCUT2D eigenvalue weighted by atomic mass is 10.1. The molecule has 22 heavy (non-hydrogen) atoms. The number of aliphatic hydroxyl groups is 1. The summed E-state index contributed by atoms with van der Waals surface area (Å²) in [4.78, 5) is 13.8. The first kappa shape index (κ1) is 21.1. The summed E-state index contributed by atoms with van der Waals surface area (Å²) in [7, 11) is 2.05. The predicted molar refractivity (Wildman–Crippen MR) is 93.7 cm³/mol. The Bertz CT molecular complexity index is 270. The molecule has 0 aromatic carbocycles. The number of unbranched alkanes of at least 4 members (excludes halogenated alkanes) is 8. The number of nitrogens with one attached hydrogen (secondary N) is 1. The van der Waals surface area contributed by atoms with E-state index in [0.29, 0.717) is 19.7 Å². The number of carbonyl (C=O) groups is 1. The number of aliphatic hydroxyl groups excluding tert-OH is 1. The Kier molecular flexibility index (Phi) is 15.8. The number of hydrogen-bond acceptors (Lipinski definition) is 3. The van der Waals surface area contributed by atoms with Crippen molar-refractivity contribution in [2.45, 2.75) is 70.6 Å². The highest BCUT2D eigenvalue weighted by Gasteiger charge is 2.03. The van der Waals surface area contributed by atoms with Gasteiger partial charge in [0.05, 0.1) is 6.67 Å². The first-order valence-corrected chi connectivity index (χ1v) is 8.87. The van der Waals surface area contributed by atoms with E-state index >= 15 is 0 Å². The number of nitrogens with zero attached hydrogens (tertiary/aromatic N) is 1. The summed E-state index contributed by atoms with van der Waals surface area (Å²) in [5, 5.41) is 11.7. The summed E-state index contributed by atoms with van der Waals surface area (Å²) in [6, 6.07) is 0. The van der Waals surface area contributed by atoms with Gasteiger partial charge in [-0.25, -0.2) is 0 Å². The van der Waals surface area contributed by atoms with Gasteiger partial charge in [-0.05, 0) is 45.7 Å². The third-order valence-corrected chi connectivity index (χ3v) is 3.81. The Balaban J connectivity index is 3.34. The van der Waals surface area contributed by atoms with Gasteiger partial charge in [0.25, 0.3) is 0 Å². The molecular weight excluding hydrogens is 276 g/mol. The van der Waals surface area contributed by atoms with Gasteiger partial charge in [-0.1, -0.05) is 38.2 Å². The second-order valence-corrected chi connectivity index (χ2v) is 6.07. The highest BCUT2D eigenvalue weighted by molar-refractivity contribution is 5.75. The summed E-state index contributed by atoms with van der Waals surface area (Å²) in [5.74, 6) is 0.162. The normalized spacial score (nSPS) is 10.9. The Hall–Kier alpha value is -0.870. The lowest BCUT2D eigenvalue weighted by Crippen LogP contribution is -2.35. The van der Waals surface area contributed by atoms with Crippen LogP contribution in [0.4, 0.5) is 0 Å². The van der Waals surface area contributed by atoms with Crippen LogP contribution in [0.15, 0.2) is 12.7 Å². The third-order valence-electron chi connectivity index (χ3n) is 3.81. The number of amides is 1. The van der Waals surface area contributed by atoms with E-state index in [-0.39, 0.29) is 5.91 Å². The lowest BCUT2D eigenvalue weighted by Gasteiger charge is -2.17. The molecule has 0 spiro atoms. The number of carbonyl (C=O) groups excluding carboxylic acids is 1. The van der Waals surface area contributed by atoms with Gasteiger partial charge in [0.15, 0.2) is 0 Å². The zero-order chi connectivity index (χ0) is 16.5. The molecule has 0 atom stereocenters. The van der Waals surface area contributed by atoms with Crippen LogP contribution in [0.25, 0.3) is 0 Å². The average molecular weight is 312 g/mol. The van der Waals surface area contributed by atoms with Crippen molar-refractivity contribution in [1.29, 1.82) is 0 Å². The van der Waals surface area contributed by atoms with Crippen LogP contribution in [0, 0.1) is 0 Å². The zero-order valence-corrected chi connectivity index (χ0v) is 14.5. The number of rotatable bonds is 16. The molecule has 0 aliphatic rings. The molecule has 0 fully saturated rings. The highest BCUT2D eigenvalue weighted by Crippen LogP contribution is 2.05. The van der Waals surface area contributed by atoms with E-state index in [1.165, 1.54) is 25.7 Å². The molecular formula is C18H36N2O2. The molecule has 0 aromatic heterocycles. The third kappa shape index (κ3) is 15.5. The molecule has 0 aliphatic heterocycles. The van der Waals surface area contributed by atoms with Crippen molar-refractivity contribution >= 4 is 5.91 Å². The second-order valence-electron chi connectivity index (χ2n) is 6.07. The Morgan fingerprint density at radius 1 is 1.05 bits per heavy atom. The van der Waals surface area contributed by atoms with E-state index in [9.17, 15) is 4.79 Å². The average Bonchev–Trinajstić information content (AvgIpc) is 2.52. The van der Waals surface area contributed by atoms with Crippen molar-refractivity contribution in [3.05, 3.63) is 12.7 Å². The summed E-state index contributed by atoms with van der Waals surface area (Å²) in [6.07, 6.45) is 13.7. The maximum atomic E-state index is 11.7. The molecule has 0 heterocycles. The molecule has 0 bridgehead atoms. The van der Waals surface area contributed by atoms with Crippen molar-refractivity contribution in [2.24, 2.45) is 0 Å². The van der Waals surface area contributed by atoms with Gasteiger partial charge in [-0.3, -0.25) is 9.69 Å². The number of hydrogen-bond donors (Lipinski definition) is 2. The molecule has 0 unspecified atom stereocenters. The van der Waals surface area contributed by atoms with Crippen LogP contribution in [0.1, 0.15) is 70.6 Å². The van der Waals surface area contributed by atoms with Gasteiger partial charge in [-0.15, -0.1) is 6.58 Å². The van der Waals surface area contributed by atoms with Crippen molar-refractivity contribution in [3.8, 4) is 0 Å². The second kappa shape index (κ2) is 16.5. The maximum Gasteiger partial charge on any atom is 0.220 e. The van der Waals surface area contributed by atoms with Gasteiger partial charge in [0, 0.05) is 13.0 Å². The van der Waals surface area contributed by atoms with Crippen molar-refractivity contribution < 1.29 is 9.90 Å². The van der Waals surface area contributed by atoms with Crippen molar-refractivity contribution in [3.63, 3.8) is 0 Å². The van der Waals surface area contributed by atoms with Crippen LogP contribution in [-0.4, -0.2) is 42.8 Å². The minimum atomic E-state index is 0.162.